The van der Waals surface area contributed by atoms with Crippen molar-refractivity contribution >= 4 is 11.8 Å². The number of rotatable bonds is 8. The normalized spacial score (nSPS) is 10.8. The van der Waals surface area contributed by atoms with Crippen LogP contribution < -0.4 is 19.8 Å². The van der Waals surface area contributed by atoms with Crippen LogP contribution in [0, 0.1) is 6.92 Å². The number of nitrogens with one attached hydrogen (secondary N) is 1. The van der Waals surface area contributed by atoms with Gasteiger partial charge in [-0.05, 0) is 37.3 Å². The van der Waals surface area contributed by atoms with Crippen molar-refractivity contribution in [3.05, 3.63) is 70.3 Å². The third-order valence-electron chi connectivity index (χ3n) is 4.95. The highest BCUT2D eigenvalue weighted by Gasteiger charge is 2.15. The Morgan fingerprint density at radius 2 is 1.76 bits per heavy atom. The maximum Gasteiger partial charge on any atom is 0.252 e. The molecule has 0 unspecified atom stereocenters. The lowest BCUT2D eigenvalue weighted by molar-refractivity contribution is 0.355. The summed E-state index contributed by atoms with van der Waals surface area (Å²) in [5, 5.41) is 0.496. The van der Waals surface area contributed by atoms with Crippen LogP contribution in [0.3, 0.4) is 0 Å². The topological polar surface area (TPSA) is 99.5 Å². The van der Waals surface area contributed by atoms with Gasteiger partial charge in [0.1, 0.15) is 11.5 Å². The van der Waals surface area contributed by atoms with Gasteiger partial charge >= 0.3 is 0 Å². The Balaban J connectivity index is 1.55. The standard InChI is InChI=1S/C24H23N3O5S/c1-14-19(25-23(32-14)16-8-9-20(30-3)21(11-16)31-4)13-33-24-26-18(12-22(28)27-24)15-6-5-7-17(10-15)29-2/h5-12H,13H2,1-4H3,(H,26,27,28). The van der Waals surface area contributed by atoms with Crippen molar-refractivity contribution in [2.24, 2.45) is 0 Å². The summed E-state index contributed by atoms with van der Waals surface area (Å²) in [7, 11) is 4.77. The number of benzene rings is 2. The Morgan fingerprint density at radius 3 is 2.52 bits per heavy atom. The molecule has 0 fully saturated rings. The van der Waals surface area contributed by atoms with Gasteiger partial charge in [-0.1, -0.05) is 23.9 Å². The summed E-state index contributed by atoms with van der Waals surface area (Å²) in [6, 6.07) is 14.4. The molecule has 8 nitrogen and oxygen atoms in total. The molecular weight excluding hydrogens is 442 g/mol. The van der Waals surface area contributed by atoms with Gasteiger partial charge in [-0.25, -0.2) is 9.97 Å². The van der Waals surface area contributed by atoms with Crippen LogP contribution in [-0.4, -0.2) is 36.3 Å². The van der Waals surface area contributed by atoms with Crippen LogP contribution in [-0.2, 0) is 5.75 Å². The largest absolute Gasteiger partial charge is 0.497 e. The van der Waals surface area contributed by atoms with Gasteiger partial charge in [0.05, 0.1) is 32.7 Å². The first-order valence-electron chi connectivity index (χ1n) is 10.1. The van der Waals surface area contributed by atoms with Gasteiger partial charge in [-0.3, -0.25) is 4.79 Å². The monoisotopic (exact) mass is 465 g/mol. The van der Waals surface area contributed by atoms with E-state index in [0.29, 0.717) is 45.5 Å². The van der Waals surface area contributed by atoms with Crippen LogP contribution in [0.4, 0.5) is 0 Å². The number of hydrogen-bond donors (Lipinski definition) is 1. The number of hydrogen-bond acceptors (Lipinski definition) is 8. The molecule has 0 saturated carbocycles. The third-order valence-corrected chi connectivity index (χ3v) is 5.84. The van der Waals surface area contributed by atoms with Crippen molar-refractivity contribution in [2.75, 3.05) is 21.3 Å². The van der Waals surface area contributed by atoms with Crippen molar-refractivity contribution in [3.63, 3.8) is 0 Å². The zero-order valence-electron chi connectivity index (χ0n) is 18.7. The zero-order chi connectivity index (χ0) is 23.4. The number of H-pyrrole nitrogens is 1. The van der Waals surface area contributed by atoms with E-state index in [1.807, 2.05) is 43.3 Å². The molecule has 0 radical (unpaired) electrons. The highest BCUT2D eigenvalue weighted by atomic mass is 32.2. The fourth-order valence-corrected chi connectivity index (χ4v) is 4.10. The molecule has 0 aliphatic heterocycles. The van der Waals surface area contributed by atoms with E-state index in [1.165, 1.54) is 17.8 Å². The Morgan fingerprint density at radius 1 is 0.939 bits per heavy atom. The summed E-state index contributed by atoms with van der Waals surface area (Å²) in [4.78, 5) is 24.2. The van der Waals surface area contributed by atoms with Crippen LogP contribution in [0.1, 0.15) is 11.5 Å². The zero-order valence-corrected chi connectivity index (χ0v) is 19.5. The summed E-state index contributed by atoms with van der Waals surface area (Å²) in [5.41, 5.74) is 2.68. The first kappa shape index (κ1) is 22.5. The van der Waals surface area contributed by atoms with Crippen molar-refractivity contribution in [1.29, 1.82) is 0 Å². The maximum absolute atomic E-state index is 12.2. The predicted molar refractivity (Wildman–Crippen MR) is 126 cm³/mol. The first-order chi connectivity index (χ1) is 16.0. The minimum Gasteiger partial charge on any atom is -0.497 e. The minimum absolute atomic E-state index is 0.229. The lowest BCUT2D eigenvalue weighted by atomic mass is 10.1. The molecule has 2 heterocycles. The van der Waals surface area contributed by atoms with E-state index >= 15 is 0 Å². The molecule has 0 spiro atoms. The number of aromatic amines is 1. The number of aromatic nitrogens is 3. The lowest BCUT2D eigenvalue weighted by Crippen LogP contribution is -2.08. The molecule has 0 aliphatic carbocycles. The molecule has 0 amide bonds. The van der Waals surface area contributed by atoms with Gasteiger partial charge in [0.15, 0.2) is 16.7 Å². The Labute approximate surface area is 195 Å². The van der Waals surface area contributed by atoms with Crippen LogP contribution in [0.15, 0.2) is 62.9 Å². The molecule has 0 bridgehead atoms. The highest BCUT2D eigenvalue weighted by molar-refractivity contribution is 7.98. The minimum atomic E-state index is -0.229. The van der Waals surface area contributed by atoms with E-state index in [0.717, 1.165) is 16.8 Å². The third kappa shape index (κ3) is 5.04. The molecule has 2 aromatic carbocycles. The van der Waals surface area contributed by atoms with Crippen molar-refractivity contribution in [1.82, 2.24) is 15.0 Å². The second-order valence-corrected chi connectivity index (χ2v) is 8.01. The second kappa shape index (κ2) is 9.83. The maximum atomic E-state index is 12.2. The van der Waals surface area contributed by atoms with E-state index in [4.69, 9.17) is 18.6 Å². The molecule has 33 heavy (non-hydrogen) atoms. The number of ether oxygens (including phenoxy) is 3. The molecule has 9 heteroatoms. The second-order valence-electron chi connectivity index (χ2n) is 7.05. The summed E-state index contributed by atoms with van der Waals surface area (Å²) in [5.74, 6) is 3.58. The van der Waals surface area contributed by atoms with Crippen LogP contribution in [0.25, 0.3) is 22.7 Å². The van der Waals surface area contributed by atoms with Crippen LogP contribution in [0.2, 0.25) is 0 Å². The smallest absolute Gasteiger partial charge is 0.252 e. The summed E-state index contributed by atoms with van der Waals surface area (Å²) in [6.07, 6.45) is 0. The molecule has 4 rings (SSSR count). The number of thioether (sulfide) groups is 1. The molecule has 2 aromatic heterocycles. The van der Waals surface area contributed by atoms with Crippen molar-refractivity contribution in [3.8, 4) is 40.0 Å². The predicted octanol–water partition coefficient (Wildman–Crippen LogP) is 4.72. The molecule has 1 N–H and O–H groups in total. The molecule has 4 aromatic rings. The number of nitrogens with zero attached hydrogens (tertiary/aromatic N) is 2. The Kier molecular flexibility index (Phi) is 6.69. The van der Waals surface area contributed by atoms with E-state index in [-0.39, 0.29) is 5.56 Å². The van der Waals surface area contributed by atoms with Crippen LogP contribution >= 0.6 is 11.8 Å². The van der Waals surface area contributed by atoms with Crippen molar-refractivity contribution < 1.29 is 18.6 Å². The van der Waals surface area contributed by atoms with E-state index < -0.39 is 0 Å². The number of oxazole rings is 1. The lowest BCUT2D eigenvalue weighted by Gasteiger charge is -2.07. The van der Waals surface area contributed by atoms with Crippen molar-refractivity contribution in [2.45, 2.75) is 17.8 Å². The van der Waals surface area contributed by atoms with Gasteiger partial charge in [-0.15, -0.1) is 0 Å². The van der Waals surface area contributed by atoms with Gasteiger partial charge in [0.25, 0.3) is 5.56 Å². The summed E-state index contributed by atoms with van der Waals surface area (Å²) < 4.78 is 21.8. The quantitative estimate of drug-likeness (QED) is 0.295. The number of methoxy groups -OCH3 is 3. The fraction of sp³-hybridized carbons (Fsp3) is 0.208. The average Bonchev–Trinajstić information content (AvgIpc) is 3.22. The SMILES string of the molecule is COc1cccc(-c2cc(=O)[nH]c(SCc3nc(-c4ccc(OC)c(OC)c4)oc3C)n2)c1. The molecule has 0 saturated heterocycles. The highest BCUT2D eigenvalue weighted by Crippen LogP contribution is 2.33. The fourth-order valence-electron chi connectivity index (χ4n) is 3.23. The van der Waals surface area contributed by atoms with Crippen LogP contribution in [0.5, 0.6) is 17.2 Å². The number of aryl methyl sites for hydroxylation is 1. The van der Waals surface area contributed by atoms with Gasteiger partial charge in [-0.2, -0.15) is 0 Å². The molecule has 0 atom stereocenters. The molecule has 170 valence electrons. The van der Waals surface area contributed by atoms with Gasteiger partial charge in [0, 0.05) is 22.9 Å². The van der Waals surface area contributed by atoms with E-state index in [2.05, 4.69) is 15.0 Å². The molecule has 0 aliphatic rings. The van der Waals surface area contributed by atoms with E-state index in [1.54, 1.807) is 27.4 Å². The average molecular weight is 466 g/mol. The summed E-state index contributed by atoms with van der Waals surface area (Å²) >= 11 is 1.38. The Bertz CT molecular complexity index is 1330. The molecular formula is C24H23N3O5S. The first-order valence-corrected chi connectivity index (χ1v) is 11.1. The Hall–Kier alpha value is -3.72. The van der Waals surface area contributed by atoms with Gasteiger partial charge in [0.2, 0.25) is 5.89 Å². The van der Waals surface area contributed by atoms with Gasteiger partial charge < -0.3 is 23.6 Å². The van der Waals surface area contributed by atoms with E-state index in [9.17, 15) is 4.79 Å². The summed E-state index contributed by atoms with van der Waals surface area (Å²) in [6.45, 7) is 1.86.